The fourth-order valence-electron chi connectivity index (χ4n) is 2.54. The Morgan fingerprint density at radius 2 is 2.00 bits per heavy atom. The van der Waals surface area contributed by atoms with Gasteiger partial charge in [-0.05, 0) is 25.0 Å². The molecule has 1 aliphatic rings. The minimum atomic E-state index is -0.764. The van der Waals surface area contributed by atoms with Gasteiger partial charge >= 0.3 is 5.97 Å². The second kappa shape index (κ2) is 5.25. The van der Waals surface area contributed by atoms with Crippen LogP contribution in [0.4, 0.5) is 5.82 Å². The van der Waals surface area contributed by atoms with Crippen molar-refractivity contribution in [2.45, 2.75) is 12.8 Å². The highest BCUT2D eigenvalue weighted by molar-refractivity contribution is 6.32. The van der Waals surface area contributed by atoms with Crippen molar-refractivity contribution in [2.24, 2.45) is 5.92 Å². The van der Waals surface area contributed by atoms with Crippen molar-refractivity contribution in [3.63, 3.8) is 0 Å². The number of carboxylic acids is 1. The summed E-state index contributed by atoms with van der Waals surface area (Å²) in [6.07, 6.45) is 1.52. The molecular formula is C14H14ClN3O2. The van der Waals surface area contributed by atoms with Crippen LogP contribution in [0.2, 0.25) is 5.15 Å². The van der Waals surface area contributed by atoms with Crippen molar-refractivity contribution in [2.75, 3.05) is 18.0 Å². The molecule has 6 heteroatoms. The molecule has 1 saturated heterocycles. The zero-order valence-electron chi connectivity index (χ0n) is 10.8. The first-order chi connectivity index (χ1) is 9.65. The molecule has 2 heterocycles. The number of rotatable bonds is 2. The maximum absolute atomic E-state index is 11.1. The van der Waals surface area contributed by atoms with Crippen molar-refractivity contribution in [3.8, 4) is 0 Å². The third kappa shape index (κ3) is 2.41. The molecule has 0 radical (unpaired) electrons. The van der Waals surface area contributed by atoms with E-state index < -0.39 is 5.97 Å². The van der Waals surface area contributed by atoms with Gasteiger partial charge in [0.15, 0.2) is 11.0 Å². The van der Waals surface area contributed by atoms with Crippen molar-refractivity contribution in [3.05, 3.63) is 29.4 Å². The van der Waals surface area contributed by atoms with E-state index in [0.29, 0.717) is 23.9 Å². The van der Waals surface area contributed by atoms with Crippen LogP contribution in [-0.4, -0.2) is 34.1 Å². The number of benzene rings is 1. The van der Waals surface area contributed by atoms with Crippen LogP contribution < -0.4 is 4.90 Å². The Balaban J connectivity index is 1.96. The lowest BCUT2D eigenvalue weighted by Gasteiger charge is -2.31. The highest BCUT2D eigenvalue weighted by Crippen LogP contribution is 2.28. The topological polar surface area (TPSA) is 66.3 Å². The average molecular weight is 292 g/mol. The molecule has 104 valence electrons. The number of nitrogens with zero attached hydrogens (tertiary/aromatic N) is 3. The number of para-hydroxylation sites is 2. The smallest absolute Gasteiger partial charge is 0.308 e. The SMILES string of the molecule is O=C(O)C1CCCN(c2nc3ccccc3nc2Cl)C1. The zero-order valence-corrected chi connectivity index (χ0v) is 11.5. The molecular weight excluding hydrogens is 278 g/mol. The Labute approximate surface area is 121 Å². The summed E-state index contributed by atoms with van der Waals surface area (Å²) in [6, 6.07) is 7.51. The van der Waals surface area contributed by atoms with Gasteiger partial charge in [-0.2, -0.15) is 0 Å². The van der Waals surface area contributed by atoms with Crippen LogP contribution in [0.25, 0.3) is 11.0 Å². The van der Waals surface area contributed by atoms with Gasteiger partial charge in [0, 0.05) is 13.1 Å². The second-order valence-electron chi connectivity index (χ2n) is 4.95. The van der Waals surface area contributed by atoms with Gasteiger partial charge < -0.3 is 10.0 Å². The van der Waals surface area contributed by atoms with Gasteiger partial charge in [-0.15, -0.1) is 0 Å². The molecule has 1 fully saturated rings. The number of carboxylic acid groups (broad SMARTS) is 1. The van der Waals surface area contributed by atoms with Crippen LogP contribution in [0, 0.1) is 5.92 Å². The van der Waals surface area contributed by atoms with Crippen molar-refractivity contribution < 1.29 is 9.90 Å². The predicted molar refractivity (Wildman–Crippen MR) is 77.1 cm³/mol. The highest BCUT2D eigenvalue weighted by atomic mass is 35.5. The van der Waals surface area contributed by atoms with E-state index in [0.717, 1.165) is 24.0 Å². The number of anilines is 1. The Morgan fingerprint density at radius 3 is 2.70 bits per heavy atom. The summed E-state index contributed by atoms with van der Waals surface area (Å²) in [7, 11) is 0. The molecule has 20 heavy (non-hydrogen) atoms. The molecule has 2 aromatic rings. The molecule has 1 N–H and O–H groups in total. The number of aliphatic carboxylic acids is 1. The fourth-order valence-corrected chi connectivity index (χ4v) is 2.79. The zero-order chi connectivity index (χ0) is 14.1. The monoisotopic (exact) mass is 291 g/mol. The van der Waals surface area contributed by atoms with Crippen LogP contribution in [0.15, 0.2) is 24.3 Å². The molecule has 0 bridgehead atoms. The second-order valence-corrected chi connectivity index (χ2v) is 5.31. The number of piperidine rings is 1. The molecule has 1 aliphatic heterocycles. The van der Waals surface area contributed by atoms with Gasteiger partial charge in [-0.25, -0.2) is 9.97 Å². The molecule has 1 atom stereocenters. The quantitative estimate of drug-likeness (QED) is 0.921. The van der Waals surface area contributed by atoms with Gasteiger partial charge in [0.1, 0.15) is 0 Å². The Hall–Kier alpha value is -1.88. The Morgan fingerprint density at radius 1 is 1.30 bits per heavy atom. The van der Waals surface area contributed by atoms with E-state index in [9.17, 15) is 4.79 Å². The molecule has 1 unspecified atom stereocenters. The molecule has 0 aliphatic carbocycles. The lowest BCUT2D eigenvalue weighted by Crippen LogP contribution is -2.39. The van der Waals surface area contributed by atoms with Crippen LogP contribution in [0.5, 0.6) is 0 Å². The molecule has 1 aromatic carbocycles. The number of fused-ring (bicyclic) bond motifs is 1. The lowest BCUT2D eigenvalue weighted by molar-refractivity contribution is -0.141. The number of halogens is 1. The van der Waals surface area contributed by atoms with E-state index in [1.165, 1.54) is 0 Å². The summed E-state index contributed by atoms with van der Waals surface area (Å²) >= 11 is 6.20. The van der Waals surface area contributed by atoms with Crippen LogP contribution in [0.3, 0.4) is 0 Å². The molecule has 0 spiro atoms. The first kappa shape index (κ1) is 13.1. The van der Waals surface area contributed by atoms with Crippen molar-refractivity contribution >= 4 is 34.4 Å². The van der Waals surface area contributed by atoms with Gasteiger partial charge in [-0.1, -0.05) is 23.7 Å². The molecule has 3 rings (SSSR count). The summed E-state index contributed by atoms with van der Waals surface area (Å²) in [5.41, 5.74) is 1.51. The van der Waals surface area contributed by atoms with Crippen molar-refractivity contribution in [1.29, 1.82) is 0 Å². The summed E-state index contributed by atoms with van der Waals surface area (Å²) < 4.78 is 0. The van der Waals surface area contributed by atoms with Gasteiger partial charge in [0.05, 0.1) is 17.0 Å². The summed E-state index contributed by atoms with van der Waals surface area (Å²) in [5, 5.41) is 9.48. The van der Waals surface area contributed by atoms with Crippen molar-refractivity contribution in [1.82, 2.24) is 9.97 Å². The van der Waals surface area contributed by atoms with E-state index in [2.05, 4.69) is 9.97 Å². The predicted octanol–water partition coefficient (Wildman–Crippen LogP) is 2.58. The number of hydrogen-bond donors (Lipinski definition) is 1. The third-order valence-electron chi connectivity index (χ3n) is 3.58. The normalized spacial score (nSPS) is 19.2. The summed E-state index contributed by atoms with van der Waals surface area (Å²) in [4.78, 5) is 21.9. The fraction of sp³-hybridized carbons (Fsp3) is 0.357. The first-order valence-corrected chi connectivity index (χ1v) is 6.93. The lowest BCUT2D eigenvalue weighted by atomic mass is 9.98. The maximum Gasteiger partial charge on any atom is 0.308 e. The molecule has 1 aromatic heterocycles. The van der Waals surface area contributed by atoms with E-state index in [1.54, 1.807) is 0 Å². The molecule has 0 amide bonds. The number of carbonyl (C=O) groups is 1. The molecule has 0 saturated carbocycles. The van der Waals surface area contributed by atoms with Crippen LogP contribution in [0.1, 0.15) is 12.8 Å². The van der Waals surface area contributed by atoms with Gasteiger partial charge in [-0.3, -0.25) is 4.79 Å². The Bertz CT molecular complexity index is 662. The maximum atomic E-state index is 11.1. The minimum absolute atomic E-state index is 0.328. The van der Waals surface area contributed by atoms with Gasteiger partial charge in [0.2, 0.25) is 0 Å². The van der Waals surface area contributed by atoms with Gasteiger partial charge in [0.25, 0.3) is 0 Å². The number of aromatic nitrogens is 2. The van der Waals surface area contributed by atoms with E-state index in [4.69, 9.17) is 16.7 Å². The largest absolute Gasteiger partial charge is 0.481 e. The van der Waals surface area contributed by atoms with Crippen LogP contribution in [-0.2, 0) is 4.79 Å². The average Bonchev–Trinajstić information content (AvgIpc) is 2.46. The Kier molecular flexibility index (Phi) is 3.44. The third-order valence-corrected chi connectivity index (χ3v) is 3.83. The first-order valence-electron chi connectivity index (χ1n) is 6.55. The highest BCUT2D eigenvalue weighted by Gasteiger charge is 2.27. The summed E-state index contributed by atoms with van der Waals surface area (Å²) in [6.45, 7) is 1.19. The van der Waals surface area contributed by atoms with E-state index in [1.807, 2.05) is 29.2 Å². The molecule has 5 nitrogen and oxygen atoms in total. The minimum Gasteiger partial charge on any atom is -0.481 e. The standard InChI is InChI=1S/C14H14ClN3O2/c15-12-13(17-11-6-2-1-5-10(11)16-12)18-7-3-4-9(8-18)14(19)20/h1-2,5-6,9H,3-4,7-8H2,(H,19,20). The van der Waals surface area contributed by atoms with Crippen LogP contribution >= 0.6 is 11.6 Å². The number of hydrogen-bond acceptors (Lipinski definition) is 4. The summed E-state index contributed by atoms with van der Waals surface area (Å²) in [5.74, 6) is -0.552. The van der Waals surface area contributed by atoms with E-state index in [-0.39, 0.29) is 5.92 Å². The van der Waals surface area contributed by atoms with E-state index >= 15 is 0 Å².